The van der Waals surface area contributed by atoms with Gasteiger partial charge in [0.25, 0.3) is 0 Å². The van der Waals surface area contributed by atoms with Crippen molar-refractivity contribution in [3.8, 4) is 0 Å². The Morgan fingerprint density at radius 2 is 0.722 bits per heavy atom. The summed E-state index contributed by atoms with van der Waals surface area (Å²) in [7, 11) is 0. The Morgan fingerprint density at radius 3 is 1.04 bits per heavy atom. The highest BCUT2D eigenvalue weighted by Crippen LogP contribution is 2.35. The summed E-state index contributed by atoms with van der Waals surface area (Å²) in [5, 5.41) is 0. The number of hydrogen-bond acceptors (Lipinski definition) is 2. The van der Waals surface area contributed by atoms with E-state index >= 15 is 0 Å². The third-order valence-electron chi connectivity index (χ3n) is 12.0. The van der Waals surface area contributed by atoms with E-state index in [1.165, 1.54) is 186 Å². The van der Waals surface area contributed by atoms with Crippen molar-refractivity contribution in [3.05, 3.63) is 129 Å². The minimum absolute atomic E-state index is 0.464. The number of aryl methyl sites for hydroxylation is 4. The first-order valence-electron chi connectivity index (χ1n) is 22.3. The molecule has 2 unspecified atom stereocenters. The van der Waals surface area contributed by atoms with Gasteiger partial charge in [-0.3, -0.25) is 0 Å². The second-order valence-electron chi connectivity index (χ2n) is 16.6. The van der Waals surface area contributed by atoms with Crippen LogP contribution in [0.4, 0.5) is 11.4 Å². The molecule has 0 aromatic heterocycles. The van der Waals surface area contributed by atoms with Crippen LogP contribution in [0.2, 0.25) is 0 Å². The van der Waals surface area contributed by atoms with Crippen molar-refractivity contribution in [2.75, 3.05) is 11.5 Å². The molecule has 0 aliphatic heterocycles. The zero-order valence-electron chi connectivity index (χ0n) is 34.9. The maximum atomic E-state index is 6.08. The summed E-state index contributed by atoms with van der Waals surface area (Å²) >= 11 is 0. The molecule has 0 aliphatic rings. The number of benzene rings is 4. The van der Waals surface area contributed by atoms with Gasteiger partial charge in [-0.15, -0.1) is 0 Å². The summed E-state index contributed by atoms with van der Waals surface area (Å²) in [5.41, 5.74) is 25.3. The number of unbranched alkanes of at least 4 members (excludes halogenated alkanes) is 15. The van der Waals surface area contributed by atoms with Gasteiger partial charge < -0.3 is 11.5 Å². The molecule has 0 heterocycles. The second kappa shape index (κ2) is 24.8. The first kappa shape index (κ1) is 43.2. The van der Waals surface area contributed by atoms with Crippen molar-refractivity contribution in [2.24, 2.45) is 0 Å². The van der Waals surface area contributed by atoms with Crippen LogP contribution in [0.25, 0.3) is 0 Å². The molecule has 0 radical (unpaired) electrons. The fourth-order valence-corrected chi connectivity index (χ4v) is 8.64. The van der Waals surface area contributed by atoms with Crippen LogP contribution in [-0.4, -0.2) is 0 Å². The molecule has 0 saturated heterocycles. The van der Waals surface area contributed by atoms with Gasteiger partial charge in [0.1, 0.15) is 0 Å². The lowest BCUT2D eigenvalue weighted by Crippen LogP contribution is -2.05. The van der Waals surface area contributed by atoms with Crippen molar-refractivity contribution < 1.29 is 0 Å². The average Bonchev–Trinajstić information content (AvgIpc) is 3.17. The summed E-state index contributed by atoms with van der Waals surface area (Å²) in [6.07, 6.45) is 29.0. The molecule has 0 fully saturated rings. The first-order chi connectivity index (χ1) is 26.4. The van der Waals surface area contributed by atoms with E-state index in [1.54, 1.807) is 0 Å². The van der Waals surface area contributed by atoms with Crippen LogP contribution in [0.5, 0.6) is 0 Å². The van der Waals surface area contributed by atoms with E-state index in [0.29, 0.717) is 11.8 Å². The lowest BCUT2D eigenvalue weighted by molar-refractivity contribution is 0.540. The normalized spacial score (nSPS) is 12.6. The summed E-state index contributed by atoms with van der Waals surface area (Å²) in [5.74, 6) is 0.927. The number of rotatable bonds is 27. The van der Waals surface area contributed by atoms with E-state index in [0.717, 1.165) is 11.4 Å². The largest absolute Gasteiger partial charge is 0.399 e. The van der Waals surface area contributed by atoms with Crippen molar-refractivity contribution in [2.45, 2.75) is 181 Å². The molecule has 294 valence electrons. The van der Waals surface area contributed by atoms with E-state index in [2.05, 4.69) is 113 Å². The molecule has 0 bridgehead atoms. The Kier molecular flexibility index (Phi) is 19.8. The average molecular weight is 729 g/mol. The van der Waals surface area contributed by atoms with Gasteiger partial charge >= 0.3 is 0 Å². The molecule has 4 rings (SSSR count). The Hall–Kier alpha value is -3.52. The maximum Gasteiger partial charge on any atom is 0.0316 e. The molecule has 54 heavy (non-hydrogen) atoms. The Labute approximate surface area is 332 Å². The van der Waals surface area contributed by atoms with Crippen LogP contribution in [0.15, 0.2) is 84.9 Å². The Balaban J connectivity index is 1.03. The monoisotopic (exact) mass is 729 g/mol. The van der Waals surface area contributed by atoms with E-state index < -0.39 is 0 Å². The number of hydrogen-bond donors (Lipinski definition) is 2. The fourth-order valence-electron chi connectivity index (χ4n) is 8.64. The Bertz CT molecular complexity index is 1460. The molecule has 2 atom stereocenters. The van der Waals surface area contributed by atoms with E-state index in [4.69, 9.17) is 11.5 Å². The summed E-state index contributed by atoms with van der Waals surface area (Å²) in [4.78, 5) is 0. The molecular weight excluding hydrogens is 653 g/mol. The summed E-state index contributed by atoms with van der Waals surface area (Å²) < 4.78 is 0. The zero-order chi connectivity index (χ0) is 38.4. The van der Waals surface area contributed by atoms with Crippen molar-refractivity contribution in [3.63, 3.8) is 0 Å². The van der Waals surface area contributed by atoms with E-state index in [-0.39, 0.29) is 0 Å². The Morgan fingerprint density at radius 1 is 0.389 bits per heavy atom. The number of anilines is 2. The van der Waals surface area contributed by atoms with Crippen molar-refractivity contribution in [1.29, 1.82) is 0 Å². The van der Waals surface area contributed by atoms with Crippen LogP contribution in [0, 0.1) is 13.8 Å². The smallest absolute Gasteiger partial charge is 0.0316 e. The molecule has 0 saturated carbocycles. The predicted molar refractivity (Wildman–Crippen MR) is 239 cm³/mol. The molecule has 2 heteroatoms. The minimum atomic E-state index is 0.464. The standard InChI is InChI=1S/C52H76N2/c1-5-7-19-25-51(49-37-35-47(53)39-41(49)3)45-31-27-43(28-32-45)23-21-17-15-13-11-9-10-12-14-16-18-22-24-44-29-33-46(34-30-44)52(26-20-8-6-2)50-38-36-48(54)40-42(50)4/h27-40,51-52H,5-26,53-54H2,1-4H3. The second-order valence-corrected chi connectivity index (χ2v) is 16.6. The third kappa shape index (κ3) is 15.0. The SMILES string of the molecule is CCCCCC(c1ccc(CCCCCCCCCCCCCCc2ccc(C(CCCCC)c3ccc(N)cc3C)cc2)cc1)c1ccc(N)cc1C. The summed E-state index contributed by atoms with van der Waals surface area (Å²) in [6.45, 7) is 9.01. The number of nitrogens with two attached hydrogens (primary N) is 2. The fraction of sp³-hybridized carbons (Fsp3) is 0.538. The van der Waals surface area contributed by atoms with Gasteiger partial charge in [-0.05, 0) is 121 Å². The van der Waals surface area contributed by atoms with E-state index in [1.807, 2.05) is 0 Å². The van der Waals surface area contributed by atoms with E-state index in [9.17, 15) is 0 Å². The summed E-state index contributed by atoms with van der Waals surface area (Å²) in [6, 6.07) is 32.1. The predicted octanol–water partition coefficient (Wildman–Crippen LogP) is 15.4. The van der Waals surface area contributed by atoms with Gasteiger partial charge in [-0.25, -0.2) is 0 Å². The van der Waals surface area contributed by atoms with Crippen LogP contribution >= 0.6 is 0 Å². The van der Waals surface area contributed by atoms with Crippen LogP contribution in [0.1, 0.15) is 199 Å². The van der Waals surface area contributed by atoms with Gasteiger partial charge in [0.15, 0.2) is 0 Å². The molecule has 4 aromatic carbocycles. The quantitative estimate of drug-likeness (QED) is 0.0474. The highest BCUT2D eigenvalue weighted by molar-refractivity contribution is 5.49. The van der Waals surface area contributed by atoms with Crippen LogP contribution in [-0.2, 0) is 12.8 Å². The lowest BCUT2D eigenvalue weighted by atomic mass is 9.84. The van der Waals surface area contributed by atoms with Crippen LogP contribution in [0.3, 0.4) is 0 Å². The number of nitrogen functional groups attached to an aromatic ring is 2. The van der Waals surface area contributed by atoms with Crippen molar-refractivity contribution >= 4 is 11.4 Å². The lowest BCUT2D eigenvalue weighted by Gasteiger charge is -2.21. The van der Waals surface area contributed by atoms with Gasteiger partial charge in [-0.1, -0.05) is 177 Å². The topological polar surface area (TPSA) is 52.0 Å². The first-order valence-corrected chi connectivity index (χ1v) is 22.3. The zero-order valence-corrected chi connectivity index (χ0v) is 34.9. The molecule has 4 N–H and O–H groups in total. The molecular formula is C52H76N2. The van der Waals surface area contributed by atoms with Gasteiger partial charge in [0.2, 0.25) is 0 Å². The van der Waals surface area contributed by atoms with Gasteiger partial charge in [0, 0.05) is 23.2 Å². The highest BCUT2D eigenvalue weighted by atomic mass is 14.5. The van der Waals surface area contributed by atoms with Gasteiger partial charge in [-0.2, -0.15) is 0 Å². The van der Waals surface area contributed by atoms with Crippen molar-refractivity contribution in [1.82, 2.24) is 0 Å². The maximum absolute atomic E-state index is 6.08. The molecule has 0 aliphatic carbocycles. The van der Waals surface area contributed by atoms with Crippen LogP contribution < -0.4 is 11.5 Å². The minimum Gasteiger partial charge on any atom is -0.399 e. The molecule has 0 spiro atoms. The third-order valence-corrected chi connectivity index (χ3v) is 12.0. The highest BCUT2D eigenvalue weighted by Gasteiger charge is 2.18. The molecule has 2 nitrogen and oxygen atoms in total. The molecule has 0 amide bonds. The van der Waals surface area contributed by atoms with Gasteiger partial charge in [0.05, 0.1) is 0 Å². The molecule has 4 aromatic rings.